The van der Waals surface area contributed by atoms with Gasteiger partial charge in [-0.1, -0.05) is 42.5 Å². The molecule has 0 fully saturated rings. The molecule has 174 valence electrons. The molecular formula is C27H20N8S. The van der Waals surface area contributed by atoms with Crippen LogP contribution in [0.4, 0.5) is 5.82 Å². The number of aryl methyl sites for hydroxylation is 1. The fourth-order valence-corrected chi connectivity index (χ4v) is 4.41. The molecular weight excluding hydrogens is 468 g/mol. The lowest BCUT2D eigenvalue weighted by Gasteiger charge is -2.16. The third kappa shape index (κ3) is 3.81. The smallest absolute Gasteiger partial charge is 0.193 e. The Morgan fingerprint density at radius 1 is 0.722 bits per heavy atom. The van der Waals surface area contributed by atoms with Gasteiger partial charge in [-0.05, 0) is 67.2 Å². The highest BCUT2D eigenvalue weighted by Crippen LogP contribution is 2.21. The second-order valence-electron chi connectivity index (χ2n) is 8.07. The molecule has 0 aliphatic heterocycles. The molecule has 0 aliphatic carbocycles. The van der Waals surface area contributed by atoms with Gasteiger partial charge in [0.05, 0.1) is 16.7 Å². The summed E-state index contributed by atoms with van der Waals surface area (Å²) in [5, 5.41) is 5.28. The van der Waals surface area contributed by atoms with Gasteiger partial charge in [0, 0.05) is 12.4 Å². The fraction of sp³-hybridized carbons (Fsp3) is 0.0370. The van der Waals surface area contributed by atoms with Crippen LogP contribution in [0.15, 0.2) is 102 Å². The minimum Gasteiger partial charge on any atom is -0.268 e. The molecule has 36 heavy (non-hydrogen) atoms. The van der Waals surface area contributed by atoms with Gasteiger partial charge in [-0.2, -0.15) is 5.10 Å². The molecule has 2 aromatic carbocycles. The third-order valence-electron chi connectivity index (χ3n) is 5.75. The highest BCUT2D eigenvalue weighted by atomic mass is 32.1. The third-order valence-corrected chi connectivity index (χ3v) is 6.11. The van der Waals surface area contributed by atoms with Crippen LogP contribution in [0, 0.1) is 11.7 Å². The summed E-state index contributed by atoms with van der Waals surface area (Å²) >= 11 is 6.09. The Kier molecular flexibility index (Phi) is 5.51. The summed E-state index contributed by atoms with van der Waals surface area (Å²) in [6, 6.07) is 27.0. The van der Waals surface area contributed by atoms with Crippen LogP contribution >= 0.6 is 12.2 Å². The molecule has 0 spiro atoms. The SMILES string of the molecule is Cc1ccccc1-n1c(=S)n(-c2ccccn2)c2nc3ccccc3nc1c2=NNc1ccccn1. The van der Waals surface area contributed by atoms with E-state index in [1.165, 1.54) is 0 Å². The summed E-state index contributed by atoms with van der Waals surface area (Å²) in [6.45, 7) is 2.04. The maximum atomic E-state index is 6.09. The van der Waals surface area contributed by atoms with Crippen molar-refractivity contribution in [3.63, 3.8) is 0 Å². The summed E-state index contributed by atoms with van der Waals surface area (Å²) in [6.07, 6.45) is 3.43. The van der Waals surface area contributed by atoms with Gasteiger partial charge < -0.3 is 0 Å². The number of benzene rings is 2. The zero-order valence-corrected chi connectivity index (χ0v) is 20.1. The van der Waals surface area contributed by atoms with Crippen molar-refractivity contribution in [1.29, 1.82) is 0 Å². The average molecular weight is 489 g/mol. The summed E-state index contributed by atoms with van der Waals surface area (Å²) in [4.78, 5) is 19.0. The van der Waals surface area contributed by atoms with E-state index >= 15 is 0 Å². The number of rotatable bonds is 4. The first kappa shape index (κ1) is 21.8. The van der Waals surface area contributed by atoms with Gasteiger partial charge in [0.1, 0.15) is 11.6 Å². The van der Waals surface area contributed by atoms with Crippen LogP contribution in [0.1, 0.15) is 5.56 Å². The topological polar surface area (TPSA) is 85.8 Å². The molecule has 0 aliphatic rings. The Balaban J connectivity index is 1.85. The number of aromatic nitrogens is 6. The first-order valence-electron chi connectivity index (χ1n) is 11.3. The van der Waals surface area contributed by atoms with Crippen LogP contribution < -0.4 is 10.8 Å². The molecule has 4 heterocycles. The lowest BCUT2D eigenvalue weighted by atomic mass is 10.2. The van der Waals surface area contributed by atoms with Crippen LogP contribution in [0.25, 0.3) is 33.8 Å². The molecule has 0 saturated heterocycles. The number of nitrogens with one attached hydrogen (secondary N) is 1. The Morgan fingerprint density at radius 3 is 2.03 bits per heavy atom. The second kappa shape index (κ2) is 9.12. The zero-order chi connectivity index (χ0) is 24.5. The molecule has 6 aromatic rings. The van der Waals surface area contributed by atoms with E-state index < -0.39 is 0 Å². The van der Waals surface area contributed by atoms with E-state index in [4.69, 9.17) is 27.3 Å². The van der Waals surface area contributed by atoms with Crippen molar-refractivity contribution >= 4 is 40.4 Å². The van der Waals surface area contributed by atoms with E-state index in [2.05, 4.69) is 15.4 Å². The number of nitrogens with zero attached hydrogens (tertiary/aromatic N) is 7. The van der Waals surface area contributed by atoms with E-state index in [1.807, 2.05) is 101 Å². The van der Waals surface area contributed by atoms with Crippen molar-refractivity contribution in [2.75, 3.05) is 5.43 Å². The van der Waals surface area contributed by atoms with Crippen molar-refractivity contribution < 1.29 is 0 Å². The highest BCUT2D eigenvalue weighted by Gasteiger charge is 2.18. The summed E-state index contributed by atoms with van der Waals surface area (Å²) in [5.41, 5.74) is 7.52. The van der Waals surface area contributed by atoms with Crippen molar-refractivity contribution in [3.05, 3.63) is 113 Å². The lowest BCUT2D eigenvalue weighted by Crippen LogP contribution is -2.23. The van der Waals surface area contributed by atoms with Crippen molar-refractivity contribution in [3.8, 4) is 11.5 Å². The molecule has 1 N–H and O–H groups in total. The van der Waals surface area contributed by atoms with Crippen LogP contribution in [0.5, 0.6) is 0 Å². The normalized spacial score (nSPS) is 11.8. The van der Waals surface area contributed by atoms with Crippen LogP contribution in [-0.2, 0) is 0 Å². The monoisotopic (exact) mass is 488 g/mol. The Hall–Kier alpha value is -4.76. The number of para-hydroxylation sites is 3. The summed E-state index contributed by atoms with van der Waals surface area (Å²) in [5.74, 6) is 1.23. The largest absolute Gasteiger partial charge is 0.268 e. The van der Waals surface area contributed by atoms with E-state index in [0.29, 0.717) is 38.6 Å². The number of anilines is 1. The molecule has 0 radical (unpaired) electrons. The van der Waals surface area contributed by atoms with Gasteiger partial charge in [-0.25, -0.2) is 19.9 Å². The van der Waals surface area contributed by atoms with Crippen molar-refractivity contribution in [2.45, 2.75) is 6.92 Å². The van der Waals surface area contributed by atoms with Crippen LogP contribution in [0.2, 0.25) is 0 Å². The maximum Gasteiger partial charge on any atom is 0.193 e. The molecule has 6 rings (SSSR count). The molecule has 0 atom stereocenters. The van der Waals surface area contributed by atoms with E-state index in [0.717, 1.165) is 16.8 Å². The van der Waals surface area contributed by atoms with Gasteiger partial charge in [0.2, 0.25) is 0 Å². The summed E-state index contributed by atoms with van der Waals surface area (Å²) in [7, 11) is 0. The highest BCUT2D eigenvalue weighted by molar-refractivity contribution is 7.71. The molecule has 9 heteroatoms. The van der Waals surface area contributed by atoms with Crippen LogP contribution in [0.3, 0.4) is 0 Å². The van der Waals surface area contributed by atoms with Crippen molar-refractivity contribution in [1.82, 2.24) is 29.1 Å². The molecule has 8 nitrogen and oxygen atoms in total. The minimum atomic E-state index is 0.477. The molecule has 4 aromatic heterocycles. The van der Waals surface area contributed by atoms with Gasteiger partial charge in [0.25, 0.3) is 0 Å². The van der Waals surface area contributed by atoms with Gasteiger partial charge in [-0.3, -0.25) is 14.6 Å². The predicted octanol–water partition coefficient (Wildman–Crippen LogP) is 5.12. The fourth-order valence-electron chi connectivity index (χ4n) is 4.05. The standard InChI is InChI=1S/C27H20N8S/c1-18-10-2-5-13-21(18)34-25-24(33-32-22-14-6-8-16-28-22)26(31-20-12-4-3-11-19(20)30-25)35(27(34)36)23-15-7-9-17-29-23/h2-17H,1H3,(H,28,32). The average Bonchev–Trinajstić information content (AvgIpc) is 3.03. The number of fused-ring (bicyclic) bond motifs is 3. The molecule has 0 unspecified atom stereocenters. The minimum absolute atomic E-state index is 0.477. The van der Waals surface area contributed by atoms with E-state index in [-0.39, 0.29) is 0 Å². The number of hydrogen-bond donors (Lipinski definition) is 1. The van der Waals surface area contributed by atoms with E-state index in [9.17, 15) is 0 Å². The number of pyridine rings is 2. The number of hydrogen-bond acceptors (Lipinski definition) is 7. The maximum absolute atomic E-state index is 6.09. The Morgan fingerprint density at radius 2 is 1.36 bits per heavy atom. The van der Waals surface area contributed by atoms with Gasteiger partial charge >= 0.3 is 0 Å². The first-order valence-corrected chi connectivity index (χ1v) is 11.7. The van der Waals surface area contributed by atoms with Crippen LogP contribution in [-0.4, -0.2) is 29.1 Å². The van der Waals surface area contributed by atoms with Crippen molar-refractivity contribution in [2.24, 2.45) is 5.10 Å². The quantitative estimate of drug-likeness (QED) is 0.274. The molecule has 0 amide bonds. The molecule has 2 bridgehead atoms. The second-order valence-corrected chi connectivity index (χ2v) is 8.44. The first-order chi connectivity index (χ1) is 17.7. The zero-order valence-electron chi connectivity index (χ0n) is 19.3. The van der Waals surface area contributed by atoms with Gasteiger partial charge in [0.15, 0.2) is 21.4 Å². The Bertz CT molecular complexity index is 1840. The van der Waals surface area contributed by atoms with E-state index in [1.54, 1.807) is 12.4 Å². The lowest BCUT2D eigenvalue weighted by molar-refractivity contribution is 0.862. The Labute approximate surface area is 211 Å². The summed E-state index contributed by atoms with van der Waals surface area (Å²) < 4.78 is 4.24. The molecule has 0 saturated carbocycles. The predicted molar refractivity (Wildman–Crippen MR) is 142 cm³/mol. The van der Waals surface area contributed by atoms with Gasteiger partial charge in [-0.15, -0.1) is 0 Å².